The van der Waals surface area contributed by atoms with E-state index in [1.165, 1.54) is 0 Å². The quantitative estimate of drug-likeness (QED) is 0.649. The molecule has 1 fully saturated rings. The third kappa shape index (κ3) is 5.22. The van der Waals surface area contributed by atoms with Crippen LogP contribution in [0, 0.1) is 0 Å². The van der Waals surface area contributed by atoms with E-state index in [1.807, 2.05) is 57.3 Å². The van der Waals surface area contributed by atoms with Gasteiger partial charge in [0, 0.05) is 50.4 Å². The number of phenolic OH excluding ortho intramolecular Hbond substituents is 1. The van der Waals surface area contributed by atoms with E-state index < -0.39 is 0 Å². The van der Waals surface area contributed by atoms with Gasteiger partial charge in [-0.2, -0.15) is 0 Å². The van der Waals surface area contributed by atoms with E-state index in [-0.39, 0.29) is 23.7 Å². The van der Waals surface area contributed by atoms with E-state index in [9.17, 15) is 9.90 Å². The molecule has 32 heavy (non-hydrogen) atoms. The molecule has 1 saturated heterocycles. The summed E-state index contributed by atoms with van der Waals surface area (Å²) in [5.74, 6) is 0.277. The van der Waals surface area contributed by atoms with Crippen LogP contribution in [0.3, 0.4) is 0 Å². The number of amides is 1. The number of carbonyl (C=O) groups is 1. The van der Waals surface area contributed by atoms with Crippen molar-refractivity contribution in [1.29, 1.82) is 0 Å². The van der Waals surface area contributed by atoms with Crippen molar-refractivity contribution in [2.24, 2.45) is 0 Å². The smallest absolute Gasteiger partial charge is 0.253 e. The summed E-state index contributed by atoms with van der Waals surface area (Å²) >= 11 is 0. The molecule has 0 radical (unpaired) electrons. The van der Waals surface area contributed by atoms with Gasteiger partial charge in [-0.15, -0.1) is 6.58 Å². The zero-order chi connectivity index (χ0) is 23.4. The highest BCUT2D eigenvalue weighted by Gasteiger charge is 2.34. The molecule has 1 amide bonds. The van der Waals surface area contributed by atoms with Gasteiger partial charge in [0.1, 0.15) is 5.75 Å². The molecule has 5 nitrogen and oxygen atoms in total. The maximum Gasteiger partial charge on any atom is 0.253 e. The van der Waals surface area contributed by atoms with Crippen molar-refractivity contribution in [2.75, 3.05) is 26.7 Å². The topological polar surface area (TPSA) is 47.0 Å². The number of rotatable bonds is 7. The zero-order valence-electron chi connectivity index (χ0n) is 20.0. The molecule has 0 bridgehead atoms. The number of aromatic hydroxyl groups is 1. The van der Waals surface area contributed by atoms with E-state index in [0.717, 1.165) is 30.8 Å². The minimum absolute atomic E-state index is 0.0220. The van der Waals surface area contributed by atoms with Crippen LogP contribution in [-0.4, -0.2) is 70.5 Å². The Morgan fingerprint density at radius 3 is 2.41 bits per heavy atom. The summed E-state index contributed by atoms with van der Waals surface area (Å²) in [6.07, 6.45) is 1.96. The lowest BCUT2D eigenvalue weighted by Gasteiger charge is -2.47. The number of benzene rings is 2. The van der Waals surface area contributed by atoms with Crippen LogP contribution in [0.2, 0.25) is 0 Å². The third-order valence-electron chi connectivity index (χ3n) is 6.59. The van der Waals surface area contributed by atoms with Crippen molar-refractivity contribution in [1.82, 2.24) is 14.7 Å². The van der Waals surface area contributed by atoms with Gasteiger partial charge in [0.15, 0.2) is 0 Å². The highest BCUT2D eigenvalue weighted by molar-refractivity contribution is 5.94. The van der Waals surface area contributed by atoms with Crippen LogP contribution in [0.5, 0.6) is 5.75 Å². The Hall–Kier alpha value is -2.63. The Balaban J connectivity index is 2.03. The molecule has 0 aromatic heterocycles. The van der Waals surface area contributed by atoms with Crippen LogP contribution in [-0.2, 0) is 0 Å². The average molecular weight is 436 g/mol. The molecule has 3 rings (SSSR count). The van der Waals surface area contributed by atoms with Crippen LogP contribution in [0.1, 0.15) is 55.2 Å². The number of piperazine rings is 1. The molecular formula is C27H37N3O2. The Morgan fingerprint density at radius 1 is 1.12 bits per heavy atom. The van der Waals surface area contributed by atoms with Crippen molar-refractivity contribution < 1.29 is 9.90 Å². The second-order valence-electron chi connectivity index (χ2n) is 9.27. The lowest BCUT2D eigenvalue weighted by Crippen LogP contribution is -2.57. The van der Waals surface area contributed by atoms with Gasteiger partial charge in [-0.25, -0.2) is 0 Å². The minimum atomic E-state index is -0.0532. The molecule has 1 heterocycles. The molecule has 0 unspecified atom stereocenters. The lowest BCUT2D eigenvalue weighted by atomic mass is 9.92. The summed E-state index contributed by atoms with van der Waals surface area (Å²) in [4.78, 5) is 19.7. The lowest BCUT2D eigenvalue weighted by molar-refractivity contribution is 0.0306. The van der Waals surface area contributed by atoms with Crippen molar-refractivity contribution in [2.45, 2.75) is 51.9 Å². The maximum atomic E-state index is 13.0. The van der Waals surface area contributed by atoms with Gasteiger partial charge in [-0.05, 0) is 63.1 Å². The normalized spacial score (nSPS) is 20.8. The average Bonchev–Trinajstić information content (AvgIpc) is 2.76. The van der Waals surface area contributed by atoms with Gasteiger partial charge in [-0.1, -0.05) is 30.3 Å². The Morgan fingerprint density at radius 2 is 1.78 bits per heavy atom. The predicted molar refractivity (Wildman–Crippen MR) is 131 cm³/mol. The number of phenols is 1. The first-order valence-corrected chi connectivity index (χ1v) is 11.5. The fraction of sp³-hybridized carbons (Fsp3) is 0.444. The first kappa shape index (κ1) is 24.0. The fourth-order valence-electron chi connectivity index (χ4n) is 4.56. The molecular weight excluding hydrogens is 398 g/mol. The molecule has 1 N–H and O–H groups in total. The van der Waals surface area contributed by atoms with Crippen LogP contribution >= 0.6 is 0 Å². The maximum absolute atomic E-state index is 13.0. The van der Waals surface area contributed by atoms with Crippen molar-refractivity contribution >= 4 is 5.91 Å². The molecule has 2 aromatic carbocycles. The van der Waals surface area contributed by atoms with Gasteiger partial charge in [0.05, 0.1) is 6.04 Å². The number of hydrogen-bond acceptors (Lipinski definition) is 4. The summed E-state index contributed by atoms with van der Waals surface area (Å²) in [6, 6.07) is 16.2. The van der Waals surface area contributed by atoms with E-state index in [1.54, 1.807) is 11.0 Å². The predicted octanol–water partition coefficient (Wildman–Crippen LogP) is 4.54. The third-order valence-corrected chi connectivity index (χ3v) is 6.59. The van der Waals surface area contributed by atoms with E-state index >= 15 is 0 Å². The van der Waals surface area contributed by atoms with Gasteiger partial charge in [0.2, 0.25) is 0 Å². The summed E-state index contributed by atoms with van der Waals surface area (Å²) in [6.45, 7) is 15.1. The zero-order valence-corrected chi connectivity index (χ0v) is 20.0. The Labute approximate surface area is 193 Å². The summed E-state index contributed by atoms with van der Waals surface area (Å²) in [5, 5.41) is 10.2. The first-order valence-electron chi connectivity index (χ1n) is 11.5. The first-order chi connectivity index (χ1) is 15.2. The summed E-state index contributed by atoms with van der Waals surface area (Å²) in [5.41, 5.74) is 2.78. The van der Waals surface area contributed by atoms with Crippen LogP contribution in [0.4, 0.5) is 0 Å². The minimum Gasteiger partial charge on any atom is -0.508 e. The molecule has 0 aliphatic carbocycles. The molecule has 3 atom stereocenters. The van der Waals surface area contributed by atoms with Gasteiger partial charge < -0.3 is 10.0 Å². The molecule has 2 aromatic rings. The van der Waals surface area contributed by atoms with Crippen LogP contribution in [0.15, 0.2) is 61.2 Å². The second-order valence-corrected chi connectivity index (χ2v) is 9.27. The highest BCUT2D eigenvalue weighted by Crippen LogP contribution is 2.35. The fourth-order valence-corrected chi connectivity index (χ4v) is 4.56. The molecule has 0 saturated carbocycles. The Bertz CT molecular complexity index is 942. The standard InChI is InChI=1S/C27H37N3O2/c1-7-14-29-17-21(5)30(18-20(29)4)26(23-11-9-13-25(31)16-23)22-10-8-12-24(15-22)27(32)28(6)19(2)3/h7-13,15-16,19-21,26,31H,1,14,17-18H2,2-6H3/t20-,21+,26-/m1/s1. The van der Waals surface area contributed by atoms with Gasteiger partial charge >= 0.3 is 0 Å². The second kappa shape index (κ2) is 10.3. The van der Waals surface area contributed by atoms with Crippen molar-refractivity contribution in [3.05, 3.63) is 77.9 Å². The monoisotopic (exact) mass is 435 g/mol. The van der Waals surface area contributed by atoms with Gasteiger partial charge in [0.25, 0.3) is 5.91 Å². The van der Waals surface area contributed by atoms with Gasteiger partial charge in [-0.3, -0.25) is 14.6 Å². The number of nitrogens with zero attached hydrogens (tertiary/aromatic N) is 3. The van der Waals surface area contributed by atoms with Crippen LogP contribution < -0.4 is 0 Å². The van der Waals surface area contributed by atoms with E-state index in [2.05, 4.69) is 42.4 Å². The summed E-state index contributed by atoms with van der Waals surface area (Å²) in [7, 11) is 1.84. The van der Waals surface area contributed by atoms with E-state index in [4.69, 9.17) is 0 Å². The molecule has 1 aliphatic heterocycles. The molecule has 5 heteroatoms. The molecule has 1 aliphatic rings. The SMILES string of the molecule is C=CCN1C[C@H](C)N([C@@H](c2cccc(O)c2)c2cccc(C(=O)N(C)C(C)C)c2)C[C@H]1C. The number of hydrogen-bond donors (Lipinski definition) is 1. The van der Waals surface area contributed by atoms with Crippen LogP contribution in [0.25, 0.3) is 0 Å². The van der Waals surface area contributed by atoms with E-state index in [0.29, 0.717) is 17.6 Å². The molecule has 172 valence electrons. The van der Waals surface area contributed by atoms with Crippen molar-refractivity contribution in [3.8, 4) is 5.75 Å². The highest BCUT2D eigenvalue weighted by atomic mass is 16.3. The largest absolute Gasteiger partial charge is 0.508 e. The Kier molecular flexibility index (Phi) is 7.75. The molecule has 0 spiro atoms. The summed E-state index contributed by atoms with van der Waals surface area (Å²) < 4.78 is 0. The number of carbonyl (C=O) groups excluding carboxylic acids is 1. The van der Waals surface area contributed by atoms with Crippen molar-refractivity contribution in [3.63, 3.8) is 0 Å².